The van der Waals surface area contributed by atoms with Gasteiger partial charge in [0.15, 0.2) is 0 Å². The van der Waals surface area contributed by atoms with Crippen molar-refractivity contribution in [3.63, 3.8) is 0 Å². The van der Waals surface area contributed by atoms with Crippen LogP contribution in [-0.4, -0.2) is 74.2 Å². The number of carbonyl (C=O) groups is 1. The van der Waals surface area contributed by atoms with E-state index >= 15 is 0 Å². The zero-order chi connectivity index (χ0) is 13.5. The number of rotatable bonds is 4. The predicted molar refractivity (Wildman–Crippen MR) is 70.5 cm³/mol. The van der Waals surface area contributed by atoms with Crippen molar-refractivity contribution >= 4 is 5.91 Å². The lowest BCUT2D eigenvalue weighted by Gasteiger charge is -2.33. The van der Waals surface area contributed by atoms with E-state index in [2.05, 4.69) is 21.2 Å². The molecule has 2 fully saturated rings. The monoisotopic (exact) mass is 266 g/mol. The molecule has 6 nitrogen and oxygen atoms in total. The number of nitrogens with zero attached hydrogens (tertiary/aromatic N) is 3. The molecule has 1 amide bonds. The molecule has 0 aromatic rings. The van der Waals surface area contributed by atoms with Gasteiger partial charge in [-0.1, -0.05) is 0 Å². The van der Waals surface area contributed by atoms with Crippen LogP contribution in [0.15, 0.2) is 0 Å². The molecule has 0 saturated carbocycles. The number of piperazine rings is 1. The molecule has 2 saturated heterocycles. The molecule has 0 bridgehead atoms. The highest BCUT2D eigenvalue weighted by atomic mass is 16.5. The molecule has 0 aromatic carbocycles. The highest BCUT2D eigenvalue weighted by Crippen LogP contribution is 2.06. The van der Waals surface area contributed by atoms with E-state index in [-0.39, 0.29) is 11.9 Å². The first-order valence-electron chi connectivity index (χ1n) is 6.96. The van der Waals surface area contributed by atoms with Gasteiger partial charge in [-0.25, -0.2) is 0 Å². The van der Waals surface area contributed by atoms with Gasteiger partial charge in [-0.05, 0) is 12.8 Å². The molecule has 0 atom stereocenters. The average Bonchev–Trinajstić information content (AvgIpc) is 2.42. The Bertz CT molecular complexity index is 328. The molecule has 19 heavy (non-hydrogen) atoms. The quantitative estimate of drug-likeness (QED) is 0.690. The van der Waals surface area contributed by atoms with Gasteiger partial charge >= 0.3 is 0 Å². The fourth-order valence-corrected chi connectivity index (χ4v) is 2.52. The van der Waals surface area contributed by atoms with Gasteiger partial charge in [0.1, 0.15) is 0 Å². The molecule has 2 heterocycles. The normalized spacial score (nSPS) is 22.9. The van der Waals surface area contributed by atoms with Gasteiger partial charge in [0.25, 0.3) is 0 Å². The minimum absolute atomic E-state index is 0.112. The third-order valence-corrected chi connectivity index (χ3v) is 3.71. The Morgan fingerprint density at radius 1 is 1.21 bits per heavy atom. The van der Waals surface area contributed by atoms with E-state index < -0.39 is 0 Å². The summed E-state index contributed by atoms with van der Waals surface area (Å²) >= 11 is 0. The predicted octanol–water partition coefficient (Wildman–Crippen LogP) is -0.577. The lowest BCUT2D eigenvalue weighted by atomic mass is 10.1. The van der Waals surface area contributed by atoms with E-state index in [1.54, 1.807) is 0 Å². The second-order valence-electron chi connectivity index (χ2n) is 5.16. The summed E-state index contributed by atoms with van der Waals surface area (Å²) in [5.74, 6) is 0.112. The summed E-state index contributed by atoms with van der Waals surface area (Å²) in [4.78, 5) is 16.2. The summed E-state index contributed by atoms with van der Waals surface area (Å²) < 4.78 is 5.27. The number of hydrogen-bond acceptors (Lipinski definition) is 5. The fourth-order valence-electron chi connectivity index (χ4n) is 2.52. The van der Waals surface area contributed by atoms with E-state index in [0.717, 1.165) is 52.2 Å². The number of carbonyl (C=O) groups excluding carboxylic acids is 1. The zero-order valence-corrected chi connectivity index (χ0v) is 11.3. The topological polar surface area (TPSA) is 68.6 Å². The Kier molecular flexibility index (Phi) is 5.58. The second-order valence-corrected chi connectivity index (χ2v) is 5.16. The summed E-state index contributed by atoms with van der Waals surface area (Å²) in [6, 6.07) is 2.44. The maximum Gasteiger partial charge on any atom is 0.234 e. The molecule has 106 valence electrons. The lowest BCUT2D eigenvalue weighted by molar-refractivity contribution is -0.123. The first-order chi connectivity index (χ1) is 9.28. The molecule has 0 radical (unpaired) electrons. The maximum atomic E-state index is 11.9. The van der Waals surface area contributed by atoms with E-state index in [1.807, 2.05) is 0 Å². The molecular formula is C13H22N4O2. The minimum atomic E-state index is 0.112. The van der Waals surface area contributed by atoms with Gasteiger partial charge in [0, 0.05) is 45.4 Å². The van der Waals surface area contributed by atoms with Crippen molar-refractivity contribution in [3.05, 3.63) is 0 Å². The first-order valence-corrected chi connectivity index (χ1v) is 6.96. The highest BCUT2D eigenvalue weighted by molar-refractivity contribution is 5.78. The molecule has 6 heteroatoms. The summed E-state index contributed by atoms with van der Waals surface area (Å²) in [5.41, 5.74) is 0. The first kappa shape index (κ1) is 14.3. The van der Waals surface area contributed by atoms with Crippen molar-refractivity contribution in [2.45, 2.75) is 18.9 Å². The van der Waals surface area contributed by atoms with Crippen LogP contribution in [0, 0.1) is 11.3 Å². The lowest BCUT2D eigenvalue weighted by Crippen LogP contribution is -2.50. The number of nitriles is 1. The average molecular weight is 266 g/mol. The Balaban J connectivity index is 1.64. The van der Waals surface area contributed by atoms with Gasteiger partial charge in [0.2, 0.25) is 5.91 Å². The number of amides is 1. The standard InChI is InChI=1S/C13H22N4O2/c14-3-4-16-5-7-17(8-6-16)11-13(18)15-12-1-9-19-10-2-12/h12H,1-2,4-11H2,(H,15,18). The van der Waals surface area contributed by atoms with Gasteiger partial charge in [-0.3, -0.25) is 14.6 Å². The molecule has 2 aliphatic rings. The summed E-state index contributed by atoms with van der Waals surface area (Å²) in [5, 5.41) is 11.7. The maximum absolute atomic E-state index is 11.9. The molecule has 0 spiro atoms. The Morgan fingerprint density at radius 3 is 2.47 bits per heavy atom. The van der Waals surface area contributed by atoms with E-state index in [0.29, 0.717) is 13.1 Å². The van der Waals surface area contributed by atoms with Gasteiger partial charge in [0.05, 0.1) is 19.2 Å². The Hall–Kier alpha value is -1.16. The van der Waals surface area contributed by atoms with Crippen molar-refractivity contribution < 1.29 is 9.53 Å². The van der Waals surface area contributed by atoms with Crippen molar-refractivity contribution in [2.75, 3.05) is 52.5 Å². The number of hydrogen-bond donors (Lipinski definition) is 1. The van der Waals surface area contributed by atoms with Crippen LogP contribution in [0.3, 0.4) is 0 Å². The van der Waals surface area contributed by atoms with Gasteiger partial charge < -0.3 is 10.1 Å². The van der Waals surface area contributed by atoms with Crippen molar-refractivity contribution in [1.82, 2.24) is 15.1 Å². The Morgan fingerprint density at radius 2 is 1.84 bits per heavy atom. The van der Waals surface area contributed by atoms with Crippen LogP contribution in [-0.2, 0) is 9.53 Å². The summed E-state index contributed by atoms with van der Waals surface area (Å²) in [6.45, 7) is 5.93. The van der Waals surface area contributed by atoms with E-state index in [1.165, 1.54) is 0 Å². The van der Waals surface area contributed by atoms with Crippen molar-refractivity contribution in [2.24, 2.45) is 0 Å². The molecule has 0 aromatic heterocycles. The number of ether oxygens (including phenoxy) is 1. The smallest absolute Gasteiger partial charge is 0.234 e. The molecule has 1 N–H and O–H groups in total. The van der Waals surface area contributed by atoms with Crippen LogP contribution in [0.4, 0.5) is 0 Å². The van der Waals surface area contributed by atoms with Crippen LogP contribution in [0.5, 0.6) is 0 Å². The van der Waals surface area contributed by atoms with Crippen LogP contribution in [0.2, 0.25) is 0 Å². The van der Waals surface area contributed by atoms with Crippen molar-refractivity contribution in [3.8, 4) is 6.07 Å². The van der Waals surface area contributed by atoms with Gasteiger partial charge in [-0.15, -0.1) is 0 Å². The van der Waals surface area contributed by atoms with Crippen LogP contribution < -0.4 is 5.32 Å². The fraction of sp³-hybridized carbons (Fsp3) is 0.846. The SMILES string of the molecule is N#CCN1CCN(CC(=O)NC2CCOCC2)CC1. The van der Waals surface area contributed by atoms with Crippen LogP contribution in [0.25, 0.3) is 0 Å². The van der Waals surface area contributed by atoms with Gasteiger partial charge in [-0.2, -0.15) is 5.26 Å². The number of nitrogens with one attached hydrogen (secondary N) is 1. The summed E-state index contributed by atoms with van der Waals surface area (Å²) in [6.07, 6.45) is 1.84. The molecular weight excluding hydrogens is 244 g/mol. The third-order valence-electron chi connectivity index (χ3n) is 3.71. The zero-order valence-electron chi connectivity index (χ0n) is 11.3. The molecule has 2 rings (SSSR count). The molecule has 2 aliphatic heterocycles. The van der Waals surface area contributed by atoms with E-state index in [4.69, 9.17) is 10.00 Å². The van der Waals surface area contributed by atoms with Crippen LogP contribution >= 0.6 is 0 Å². The third kappa shape index (κ3) is 4.78. The van der Waals surface area contributed by atoms with E-state index in [9.17, 15) is 4.79 Å². The van der Waals surface area contributed by atoms with Crippen LogP contribution in [0.1, 0.15) is 12.8 Å². The largest absolute Gasteiger partial charge is 0.381 e. The highest BCUT2D eigenvalue weighted by Gasteiger charge is 2.21. The van der Waals surface area contributed by atoms with Crippen molar-refractivity contribution in [1.29, 1.82) is 5.26 Å². The minimum Gasteiger partial charge on any atom is -0.381 e. The summed E-state index contributed by atoms with van der Waals surface area (Å²) in [7, 11) is 0. The Labute approximate surface area is 114 Å². The molecule has 0 unspecified atom stereocenters. The molecule has 0 aliphatic carbocycles. The second kappa shape index (κ2) is 7.43.